The van der Waals surface area contributed by atoms with Crippen molar-refractivity contribution in [1.82, 2.24) is 0 Å². The Hall–Kier alpha value is -1.51. The van der Waals surface area contributed by atoms with Crippen LogP contribution in [0.25, 0.3) is 0 Å². The van der Waals surface area contributed by atoms with Crippen LogP contribution in [0, 0.1) is 5.92 Å². The zero-order valence-corrected chi connectivity index (χ0v) is 11.3. The van der Waals surface area contributed by atoms with E-state index in [1.54, 1.807) is 0 Å². The molecule has 19 heavy (non-hydrogen) atoms. The second kappa shape index (κ2) is 5.24. The van der Waals surface area contributed by atoms with Crippen LogP contribution < -0.4 is 10.6 Å². The van der Waals surface area contributed by atoms with Crippen molar-refractivity contribution >= 4 is 11.7 Å². The van der Waals surface area contributed by atoms with Crippen molar-refractivity contribution in [2.45, 2.75) is 51.0 Å². The monoisotopic (exact) mass is 258 g/mol. The van der Waals surface area contributed by atoms with Crippen LogP contribution in [-0.4, -0.2) is 12.1 Å². The zero-order chi connectivity index (χ0) is 13.2. The number of para-hydroxylation sites is 1. The molecule has 102 valence electrons. The fourth-order valence-electron chi connectivity index (χ4n) is 3.76. The average molecular weight is 258 g/mol. The fraction of sp³-hybridized carbons (Fsp3) is 0.562. The number of amides is 2. The number of nitrogens with zero attached hydrogens (tertiary/aromatic N) is 1. The van der Waals surface area contributed by atoms with Crippen LogP contribution in [0.15, 0.2) is 24.3 Å². The Morgan fingerprint density at radius 1 is 1.21 bits per heavy atom. The molecule has 0 bridgehead atoms. The molecule has 3 heteroatoms. The van der Waals surface area contributed by atoms with Gasteiger partial charge in [-0.25, -0.2) is 4.79 Å². The predicted octanol–water partition coefficient (Wildman–Crippen LogP) is 3.47. The van der Waals surface area contributed by atoms with Crippen LogP contribution in [0.4, 0.5) is 10.5 Å². The number of urea groups is 1. The molecule has 3 nitrogen and oxygen atoms in total. The Balaban J connectivity index is 1.77. The molecular weight excluding hydrogens is 236 g/mol. The normalized spacial score (nSPS) is 23.4. The second-order valence-electron chi connectivity index (χ2n) is 5.93. The van der Waals surface area contributed by atoms with Gasteiger partial charge in [-0.05, 0) is 30.4 Å². The van der Waals surface area contributed by atoms with Crippen LogP contribution in [0.3, 0.4) is 0 Å². The summed E-state index contributed by atoms with van der Waals surface area (Å²) in [4.78, 5) is 13.6. The fourth-order valence-corrected chi connectivity index (χ4v) is 3.76. The maximum atomic E-state index is 11.8. The first-order valence-electron chi connectivity index (χ1n) is 7.42. The maximum absolute atomic E-state index is 11.8. The third-order valence-corrected chi connectivity index (χ3v) is 4.64. The molecule has 3 rings (SSSR count). The lowest BCUT2D eigenvalue weighted by molar-refractivity contribution is 0.249. The molecule has 2 N–H and O–H groups in total. The Labute approximate surface area is 114 Å². The van der Waals surface area contributed by atoms with Gasteiger partial charge in [-0.15, -0.1) is 0 Å². The van der Waals surface area contributed by atoms with E-state index in [1.165, 1.54) is 37.7 Å². The topological polar surface area (TPSA) is 46.3 Å². The van der Waals surface area contributed by atoms with Gasteiger partial charge >= 0.3 is 6.03 Å². The molecule has 0 saturated heterocycles. The molecule has 0 radical (unpaired) electrons. The van der Waals surface area contributed by atoms with Crippen molar-refractivity contribution in [2.24, 2.45) is 11.7 Å². The summed E-state index contributed by atoms with van der Waals surface area (Å²) in [5.74, 6) is 0.773. The predicted molar refractivity (Wildman–Crippen MR) is 77.2 cm³/mol. The molecule has 0 spiro atoms. The Morgan fingerprint density at radius 3 is 2.68 bits per heavy atom. The summed E-state index contributed by atoms with van der Waals surface area (Å²) in [7, 11) is 0. The Morgan fingerprint density at radius 2 is 1.95 bits per heavy atom. The van der Waals surface area contributed by atoms with E-state index in [-0.39, 0.29) is 12.1 Å². The van der Waals surface area contributed by atoms with Crippen molar-refractivity contribution in [3.05, 3.63) is 29.8 Å². The van der Waals surface area contributed by atoms with Crippen LogP contribution in [0.2, 0.25) is 0 Å². The van der Waals surface area contributed by atoms with Crippen molar-refractivity contribution in [3.63, 3.8) is 0 Å². The highest BCUT2D eigenvalue weighted by molar-refractivity contribution is 5.93. The molecule has 1 saturated carbocycles. The highest BCUT2D eigenvalue weighted by Gasteiger charge is 2.34. The summed E-state index contributed by atoms with van der Waals surface area (Å²) >= 11 is 0. The van der Waals surface area contributed by atoms with Gasteiger partial charge < -0.3 is 5.73 Å². The number of hydrogen-bond donors (Lipinski definition) is 1. The molecule has 1 aromatic rings. The summed E-state index contributed by atoms with van der Waals surface area (Å²) < 4.78 is 0. The number of rotatable bonds is 2. The number of anilines is 1. The highest BCUT2D eigenvalue weighted by atomic mass is 16.2. The number of benzene rings is 1. The number of carbonyl (C=O) groups excluding carboxylic acids is 1. The molecular formula is C16H22N2O. The standard InChI is InChI=1S/C16H22N2O/c17-16(19)18-14(10-12-6-2-1-3-7-12)11-13-8-4-5-9-15(13)18/h4-5,8-9,12,14H,1-3,6-7,10-11H2,(H2,17,19). The van der Waals surface area contributed by atoms with E-state index in [1.807, 2.05) is 23.1 Å². The quantitative estimate of drug-likeness (QED) is 0.867. The molecule has 1 aliphatic carbocycles. The van der Waals surface area contributed by atoms with E-state index in [9.17, 15) is 4.79 Å². The van der Waals surface area contributed by atoms with Gasteiger partial charge in [0.2, 0.25) is 0 Å². The average Bonchev–Trinajstić information content (AvgIpc) is 2.77. The summed E-state index contributed by atoms with van der Waals surface area (Å²) in [6.07, 6.45) is 8.79. The van der Waals surface area contributed by atoms with E-state index < -0.39 is 0 Å². The maximum Gasteiger partial charge on any atom is 0.319 e. The lowest BCUT2D eigenvalue weighted by Gasteiger charge is -2.29. The molecule has 0 aromatic heterocycles. The molecule has 2 aliphatic rings. The molecule has 1 aromatic carbocycles. The van der Waals surface area contributed by atoms with Crippen molar-refractivity contribution in [1.29, 1.82) is 0 Å². The van der Waals surface area contributed by atoms with Gasteiger partial charge in [0, 0.05) is 11.7 Å². The SMILES string of the molecule is NC(=O)N1c2ccccc2CC1CC1CCCCC1. The Bertz CT molecular complexity index is 466. The van der Waals surface area contributed by atoms with Gasteiger partial charge in [0.15, 0.2) is 0 Å². The molecule has 1 fully saturated rings. The van der Waals surface area contributed by atoms with Crippen molar-refractivity contribution < 1.29 is 4.79 Å². The first-order valence-corrected chi connectivity index (χ1v) is 7.42. The van der Waals surface area contributed by atoms with Crippen LogP contribution in [0.5, 0.6) is 0 Å². The second-order valence-corrected chi connectivity index (χ2v) is 5.93. The van der Waals surface area contributed by atoms with E-state index in [0.717, 1.165) is 24.4 Å². The van der Waals surface area contributed by atoms with Gasteiger partial charge in [0.25, 0.3) is 0 Å². The molecule has 1 aliphatic heterocycles. The zero-order valence-electron chi connectivity index (χ0n) is 11.3. The number of nitrogens with two attached hydrogens (primary N) is 1. The van der Waals surface area contributed by atoms with Crippen molar-refractivity contribution in [2.75, 3.05) is 4.90 Å². The third kappa shape index (κ3) is 2.46. The molecule has 1 unspecified atom stereocenters. The molecule has 1 atom stereocenters. The molecule has 1 heterocycles. The number of hydrogen-bond acceptors (Lipinski definition) is 1. The van der Waals surface area contributed by atoms with Gasteiger partial charge in [0.1, 0.15) is 0 Å². The lowest BCUT2D eigenvalue weighted by Crippen LogP contribution is -2.42. The third-order valence-electron chi connectivity index (χ3n) is 4.64. The van der Waals surface area contributed by atoms with E-state index in [4.69, 9.17) is 5.73 Å². The van der Waals surface area contributed by atoms with Gasteiger partial charge in [0.05, 0.1) is 0 Å². The van der Waals surface area contributed by atoms with Crippen LogP contribution >= 0.6 is 0 Å². The minimum Gasteiger partial charge on any atom is -0.351 e. The Kier molecular flexibility index (Phi) is 3.45. The van der Waals surface area contributed by atoms with Gasteiger partial charge in [-0.1, -0.05) is 50.3 Å². The summed E-state index contributed by atoms with van der Waals surface area (Å²) in [5.41, 5.74) is 7.88. The van der Waals surface area contributed by atoms with Crippen molar-refractivity contribution in [3.8, 4) is 0 Å². The van der Waals surface area contributed by atoms with E-state index in [0.29, 0.717) is 0 Å². The minimum atomic E-state index is -0.300. The van der Waals surface area contributed by atoms with Crippen LogP contribution in [-0.2, 0) is 6.42 Å². The number of carbonyl (C=O) groups is 1. The van der Waals surface area contributed by atoms with Crippen LogP contribution in [0.1, 0.15) is 44.1 Å². The summed E-state index contributed by atoms with van der Waals surface area (Å²) in [6.45, 7) is 0. The minimum absolute atomic E-state index is 0.276. The lowest BCUT2D eigenvalue weighted by atomic mass is 9.84. The van der Waals surface area contributed by atoms with E-state index in [2.05, 4.69) is 6.07 Å². The summed E-state index contributed by atoms with van der Waals surface area (Å²) in [6, 6.07) is 8.13. The molecule has 2 amide bonds. The summed E-state index contributed by atoms with van der Waals surface area (Å²) in [5, 5.41) is 0. The smallest absolute Gasteiger partial charge is 0.319 e. The number of primary amides is 1. The number of fused-ring (bicyclic) bond motifs is 1. The van der Waals surface area contributed by atoms with Gasteiger partial charge in [-0.2, -0.15) is 0 Å². The first kappa shape index (κ1) is 12.5. The first-order chi connectivity index (χ1) is 9.25. The highest BCUT2D eigenvalue weighted by Crippen LogP contribution is 2.37. The van der Waals surface area contributed by atoms with Gasteiger partial charge in [-0.3, -0.25) is 4.90 Å². The largest absolute Gasteiger partial charge is 0.351 e. The van der Waals surface area contributed by atoms with E-state index >= 15 is 0 Å².